The van der Waals surface area contributed by atoms with Crippen LogP contribution in [-0.4, -0.2) is 12.1 Å². The number of rotatable bonds is 3. The third-order valence-corrected chi connectivity index (χ3v) is 2.53. The predicted octanol–water partition coefficient (Wildman–Crippen LogP) is 2.70. The Kier molecular flexibility index (Phi) is 7.10. The van der Waals surface area contributed by atoms with E-state index in [1.807, 2.05) is 13.2 Å². The Balaban J connectivity index is 0.00000144. The highest BCUT2D eigenvalue weighted by atomic mass is 35.5. The van der Waals surface area contributed by atoms with E-state index in [1.54, 1.807) is 5.01 Å². The predicted molar refractivity (Wildman–Crippen MR) is 59.5 cm³/mol. The van der Waals surface area contributed by atoms with Crippen LogP contribution in [0.2, 0.25) is 0 Å². The maximum Gasteiger partial charge on any atom is 0.0222 e. The number of hydrogen-bond donors (Lipinski definition) is 1. The topological polar surface area (TPSA) is 29.3 Å². The van der Waals surface area contributed by atoms with Gasteiger partial charge in [-0.25, -0.2) is 5.84 Å². The Labute approximate surface area is 87.6 Å². The van der Waals surface area contributed by atoms with Gasteiger partial charge in [-0.2, -0.15) is 0 Å². The summed E-state index contributed by atoms with van der Waals surface area (Å²) in [5, 5.41) is 1.61. The molecule has 1 rings (SSSR count). The first-order valence-electron chi connectivity index (χ1n) is 4.93. The van der Waals surface area contributed by atoms with Crippen molar-refractivity contribution in [3.8, 4) is 0 Å². The average Bonchev–Trinajstić information content (AvgIpc) is 2.05. The molecular weight excluding hydrogens is 184 g/mol. The molecule has 0 aromatic heterocycles. The van der Waals surface area contributed by atoms with Gasteiger partial charge in [-0.15, -0.1) is 12.4 Å². The molecule has 0 amide bonds. The van der Waals surface area contributed by atoms with E-state index < -0.39 is 0 Å². The minimum atomic E-state index is 0. The van der Waals surface area contributed by atoms with Crippen molar-refractivity contribution in [2.24, 2.45) is 11.8 Å². The number of halogens is 1. The van der Waals surface area contributed by atoms with Gasteiger partial charge >= 0.3 is 0 Å². The fraction of sp³-hybridized carbons (Fsp3) is 0.800. The van der Waals surface area contributed by atoms with Crippen LogP contribution < -0.4 is 5.84 Å². The standard InChI is InChI=1S/C10H20N2.ClH/c1-12(11)9-5-8-10-6-3-2-4-7-10;/h5,9-10H,2-4,6-8,11H2,1H3;1H. The molecule has 0 saturated heterocycles. The average molecular weight is 205 g/mol. The molecule has 1 fully saturated rings. The van der Waals surface area contributed by atoms with Crippen LogP contribution >= 0.6 is 12.4 Å². The quantitative estimate of drug-likeness (QED) is 0.566. The van der Waals surface area contributed by atoms with E-state index in [0.717, 1.165) is 5.92 Å². The molecule has 1 aliphatic carbocycles. The van der Waals surface area contributed by atoms with Crippen molar-refractivity contribution >= 4 is 12.4 Å². The number of nitrogens with two attached hydrogens (primary N) is 1. The van der Waals surface area contributed by atoms with Crippen LogP contribution in [0.3, 0.4) is 0 Å². The Morgan fingerprint density at radius 3 is 2.46 bits per heavy atom. The smallest absolute Gasteiger partial charge is 0.0222 e. The minimum Gasteiger partial charge on any atom is -0.322 e. The summed E-state index contributed by atoms with van der Waals surface area (Å²) in [5.41, 5.74) is 0. The lowest BCUT2D eigenvalue weighted by atomic mass is 9.87. The number of hydrazine groups is 1. The van der Waals surface area contributed by atoms with Crippen LogP contribution in [0.5, 0.6) is 0 Å². The highest BCUT2D eigenvalue weighted by molar-refractivity contribution is 5.85. The lowest BCUT2D eigenvalue weighted by Crippen LogP contribution is -2.18. The van der Waals surface area contributed by atoms with Crippen LogP contribution in [0.15, 0.2) is 12.3 Å². The van der Waals surface area contributed by atoms with Crippen LogP contribution in [-0.2, 0) is 0 Å². The normalized spacial score (nSPS) is 18.6. The van der Waals surface area contributed by atoms with Gasteiger partial charge in [-0.3, -0.25) is 0 Å². The van der Waals surface area contributed by atoms with Gasteiger partial charge in [0.2, 0.25) is 0 Å². The molecule has 78 valence electrons. The van der Waals surface area contributed by atoms with Crippen molar-refractivity contribution in [2.75, 3.05) is 7.05 Å². The molecule has 13 heavy (non-hydrogen) atoms. The first-order chi connectivity index (χ1) is 5.79. The van der Waals surface area contributed by atoms with E-state index in [1.165, 1.54) is 38.5 Å². The molecule has 0 aliphatic heterocycles. The summed E-state index contributed by atoms with van der Waals surface area (Å²) in [7, 11) is 1.86. The van der Waals surface area contributed by atoms with Gasteiger partial charge in [-0.05, 0) is 12.3 Å². The maximum absolute atomic E-state index is 5.45. The lowest BCUT2D eigenvalue weighted by Gasteiger charge is -2.19. The lowest BCUT2D eigenvalue weighted by molar-refractivity contribution is 0.359. The molecule has 0 aromatic carbocycles. The van der Waals surface area contributed by atoms with Crippen molar-refractivity contribution in [1.82, 2.24) is 5.01 Å². The molecule has 1 saturated carbocycles. The second-order valence-corrected chi connectivity index (χ2v) is 3.79. The van der Waals surface area contributed by atoms with E-state index in [4.69, 9.17) is 5.84 Å². The van der Waals surface area contributed by atoms with E-state index in [2.05, 4.69) is 6.08 Å². The number of hydrogen-bond acceptors (Lipinski definition) is 2. The summed E-state index contributed by atoms with van der Waals surface area (Å²) in [6, 6.07) is 0. The molecule has 0 radical (unpaired) electrons. The molecule has 2 N–H and O–H groups in total. The van der Waals surface area contributed by atoms with E-state index in [9.17, 15) is 0 Å². The highest BCUT2D eigenvalue weighted by Gasteiger charge is 2.10. The van der Waals surface area contributed by atoms with Crippen molar-refractivity contribution in [3.63, 3.8) is 0 Å². The molecule has 1 aliphatic rings. The van der Waals surface area contributed by atoms with Gasteiger partial charge in [0.05, 0.1) is 0 Å². The van der Waals surface area contributed by atoms with Gasteiger partial charge < -0.3 is 5.01 Å². The second-order valence-electron chi connectivity index (χ2n) is 3.79. The van der Waals surface area contributed by atoms with Crippen molar-refractivity contribution in [3.05, 3.63) is 12.3 Å². The fourth-order valence-electron chi connectivity index (χ4n) is 1.84. The molecule has 2 nitrogen and oxygen atoms in total. The summed E-state index contributed by atoms with van der Waals surface area (Å²) in [4.78, 5) is 0. The Hall–Kier alpha value is -0.210. The van der Waals surface area contributed by atoms with Crippen LogP contribution in [0.1, 0.15) is 38.5 Å². The molecule has 0 spiro atoms. The van der Waals surface area contributed by atoms with Gasteiger partial charge in [0, 0.05) is 13.2 Å². The van der Waals surface area contributed by atoms with Crippen molar-refractivity contribution in [2.45, 2.75) is 38.5 Å². The molecule has 0 aromatic rings. The first-order valence-corrected chi connectivity index (χ1v) is 4.93. The first kappa shape index (κ1) is 12.8. The molecule has 0 unspecified atom stereocenters. The molecule has 3 heteroatoms. The van der Waals surface area contributed by atoms with Crippen LogP contribution in [0.25, 0.3) is 0 Å². The highest BCUT2D eigenvalue weighted by Crippen LogP contribution is 2.26. The summed E-state index contributed by atoms with van der Waals surface area (Å²) >= 11 is 0. The SMILES string of the molecule is CN(N)C=CCC1CCCCC1.Cl. The van der Waals surface area contributed by atoms with E-state index in [-0.39, 0.29) is 12.4 Å². The van der Waals surface area contributed by atoms with E-state index in [0.29, 0.717) is 0 Å². The molecule has 0 atom stereocenters. The molecular formula is C10H21ClN2. The third-order valence-electron chi connectivity index (χ3n) is 2.53. The van der Waals surface area contributed by atoms with Gasteiger partial charge in [0.1, 0.15) is 0 Å². The monoisotopic (exact) mass is 204 g/mol. The fourth-order valence-corrected chi connectivity index (χ4v) is 1.84. The van der Waals surface area contributed by atoms with Crippen LogP contribution in [0.4, 0.5) is 0 Å². The van der Waals surface area contributed by atoms with Gasteiger partial charge in [-0.1, -0.05) is 38.2 Å². The van der Waals surface area contributed by atoms with Crippen molar-refractivity contribution in [1.29, 1.82) is 0 Å². The number of allylic oxidation sites excluding steroid dienone is 1. The Morgan fingerprint density at radius 2 is 1.92 bits per heavy atom. The number of nitrogens with zero attached hydrogens (tertiary/aromatic N) is 1. The Bertz CT molecular complexity index is 140. The molecule has 0 bridgehead atoms. The summed E-state index contributed by atoms with van der Waals surface area (Å²) in [6.07, 6.45) is 12.5. The second kappa shape index (κ2) is 7.22. The minimum absolute atomic E-state index is 0. The van der Waals surface area contributed by atoms with Gasteiger partial charge in [0.25, 0.3) is 0 Å². The zero-order chi connectivity index (χ0) is 8.81. The Morgan fingerprint density at radius 1 is 1.31 bits per heavy atom. The summed E-state index contributed by atoms with van der Waals surface area (Å²) < 4.78 is 0. The zero-order valence-corrected chi connectivity index (χ0v) is 9.22. The largest absolute Gasteiger partial charge is 0.322 e. The summed E-state index contributed by atoms with van der Waals surface area (Å²) in [5.74, 6) is 6.38. The van der Waals surface area contributed by atoms with Crippen molar-refractivity contribution < 1.29 is 0 Å². The summed E-state index contributed by atoms with van der Waals surface area (Å²) in [6.45, 7) is 0. The van der Waals surface area contributed by atoms with Gasteiger partial charge in [0.15, 0.2) is 0 Å². The molecule has 0 heterocycles. The maximum atomic E-state index is 5.45. The van der Waals surface area contributed by atoms with E-state index >= 15 is 0 Å². The third kappa shape index (κ3) is 5.94. The van der Waals surface area contributed by atoms with Crippen LogP contribution in [0, 0.1) is 5.92 Å². The zero-order valence-electron chi connectivity index (χ0n) is 8.41.